The topological polar surface area (TPSA) is 70.2 Å². The van der Waals surface area contributed by atoms with Gasteiger partial charge in [-0.3, -0.25) is 9.59 Å². The zero-order valence-electron chi connectivity index (χ0n) is 16.3. The molecule has 2 atom stereocenters. The highest BCUT2D eigenvalue weighted by atomic mass is 35.5. The number of carbonyl (C=O) groups excluding carboxylic acids is 2. The predicted octanol–water partition coefficient (Wildman–Crippen LogP) is 3.81. The maximum absolute atomic E-state index is 12.5. The Bertz CT molecular complexity index is 659. The molecule has 0 unspecified atom stereocenters. The number of nitrogens with one attached hydrogen (secondary N) is 3. The van der Waals surface area contributed by atoms with Crippen molar-refractivity contribution >= 4 is 29.9 Å². The fourth-order valence-corrected chi connectivity index (χ4v) is 4.07. The SMILES string of the molecule is Cc1cc(C(=O)NC2CCCCC2)ccc1NC(=O)[C@H]1CCN[C@@H](C)C1.Cl. The Labute approximate surface area is 168 Å². The molecule has 1 aromatic rings. The van der Waals surface area contributed by atoms with E-state index in [2.05, 4.69) is 22.9 Å². The molecule has 5 nitrogen and oxygen atoms in total. The van der Waals surface area contributed by atoms with Gasteiger partial charge in [-0.25, -0.2) is 0 Å². The Hall–Kier alpha value is -1.59. The van der Waals surface area contributed by atoms with Gasteiger partial charge >= 0.3 is 0 Å². The van der Waals surface area contributed by atoms with Gasteiger partial charge in [-0.15, -0.1) is 12.4 Å². The highest BCUT2D eigenvalue weighted by Crippen LogP contribution is 2.22. The number of aryl methyl sites for hydroxylation is 1. The smallest absolute Gasteiger partial charge is 0.251 e. The molecule has 1 aromatic carbocycles. The van der Waals surface area contributed by atoms with E-state index in [1.165, 1.54) is 19.3 Å². The average Bonchev–Trinajstić information content (AvgIpc) is 2.64. The molecule has 2 amide bonds. The second-order valence-electron chi connectivity index (χ2n) is 7.90. The van der Waals surface area contributed by atoms with Crippen LogP contribution in [0.15, 0.2) is 18.2 Å². The fraction of sp³-hybridized carbons (Fsp3) is 0.619. The van der Waals surface area contributed by atoms with Crippen LogP contribution >= 0.6 is 12.4 Å². The van der Waals surface area contributed by atoms with Crippen molar-refractivity contribution in [3.8, 4) is 0 Å². The Morgan fingerprint density at radius 3 is 2.52 bits per heavy atom. The van der Waals surface area contributed by atoms with Gasteiger partial charge in [-0.2, -0.15) is 0 Å². The van der Waals surface area contributed by atoms with E-state index < -0.39 is 0 Å². The molecule has 6 heteroatoms. The van der Waals surface area contributed by atoms with Gasteiger partial charge in [0.15, 0.2) is 0 Å². The van der Waals surface area contributed by atoms with E-state index in [1.807, 2.05) is 25.1 Å². The molecule has 1 saturated carbocycles. The second kappa shape index (κ2) is 10.1. The van der Waals surface area contributed by atoms with Gasteiger partial charge in [-0.1, -0.05) is 19.3 Å². The van der Waals surface area contributed by atoms with Crippen molar-refractivity contribution in [3.05, 3.63) is 29.3 Å². The zero-order chi connectivity index (χ0) is 18.5. The van der Waals surface area contributed by atoms with Crippen molar-refractivity contribution in [2.24, 2.45) is 5.92 Å². The first-order chi connectivity index (χ1) is 12.5. The quantitative estimate of drug-likeness (QED) is 0.728. The average molecular weight is 394 g/mol. The van der Waals surface area contributed by atoms with Crippen LogP contribution in [0.2, 0.25) is 0 Å². The largest absolute Gasteiger partial charge is 0.349 e. The number of benzene rings is 1. The molecular formula is C21H32ClN3O2. The lowest BCUT2D eigenvalue weighted by Crippen LogP contribution is -2.40. The summed E-state index contributed by atoms with van der Waals surface area (Å²) in [7, 11) is 0. The molecule has 0 aromatic heterocycles. The van der Waals surface area contributed by atoms with Crippen molar-refractivity contribution < 1.29 is 9.59 Å². The minimum atomic E-state index is -0.00921. The standard InChI is InChI=1S/C21H31N3O2.ClH/c1-14-12-16(20(25)23-18-6-4-3-5-7-18)8-9-19(14)24-21(26)17-10-11-22-15(2)13-17;/h8-9,12,15,17-18,22H,3-7,10-11,13H2,1-2H3,(H,23,25)(H,24,26);1H/t15-,17-;/m0./s1. The summed E-state index contributed by atoms with van der Waals surface area (Å²) in [5, 5.41) is 9.57. The summed E-state index contributed by atoms with van der Waals surface area (Å²) in [5.41, 5.74) is 2.40. The molecule has 2 aliphatic rings. The summed E-state index contributed by atoms with van der Waals surface area (Å²) in [5.74, 6) is 0.130. The van der Waals surface area contributed by atoms with E-state index in [9.17, 15) is 9.59 Å². The van der Waals surface area contributed by atoms with Crippen LogP contribution < -0.4 is 16.0 Å². The van der Waals surface area contributed by atoms with Crippen molar-refractivity contribution in [3.63, 3.8) is 0 Å². The van der Waals surface area contributed by atoms with Crippen molar-refractivity contribution in [2.45, 2.75) is 70.9 Å². The normalized spacial score (nSPS) is 23.2. The molecular weight excluding hydrogens is 362 g/mol. The number of hydrogen-bond donors (Lipinski definition) is 3. The fourth-order valence-electron chi connectivity index (χ4n) is 4.07. The Morgan fingerprint density at radius 1 is 1.11 bits per heavy atom. The molecule has 1 aliphatic carbocycles. The maximum Gasteiger partial charge on any atom is 0.251 e. The van der Waals surface area contributed by atoms with Crippen molar-refractivity contribution in [1.29, 1.82) is 0 Å². The van der Waals surface area contributed by atoms with Crippen LogP contribution in [0.1, 0.15) is 67.8 Å². The number of rotatable bonds is 4. The van der Waals surface area contributed by atoms with Crippen LogP contribution in [0, 0.1) is 12.8 Å². The molecule has 0 bridgehead atoms. The second-order valence-corrected chi connectivity index (χ2v) is 7.90. The third-order valence-electron chi connectivity index (χ3n) is 5.68. The third kappa shape index (κ3) is 5.94. The van der Waals surface area contributed by atoms with Gasteiger partial charge in [0.05, 0.1) is 0 Å². The molecule has 1 saturated heterocycles. The van der Waals surface area contributed by atoms with Crippen LogP contribution in [0.25, 0.3) is 0 Å². The van der Waals surface area contributed by atoms with E-state index in [0.717, 1.165) is 43.5 Å². The Morgan fingerprint density at radius 2 is 1.85 bits per heavy atom. The number of carbonyl (C=O) groups is 2. The number of hydrogen-bond acceptors (Lipinski definition) is 3. The molecule has 3 rings (SSSR count). The third-order valence-corrected chi connectivity index (χ3v) is 5.68. The van der Waals surface area contributed by atoms with Gasteiger partial charge in [0, 0.05) is 29.3 Å². The number of piperidine rings is 1. The van der Waals surface area contributed by atoms with Crippen LogP contribution in [0.5, 0.6) is 0 Å². The molecule has 2 fully saturated rings. The van der Waals surface area contributed by atoms with Gasteiger partial charge in [0.1, 0.15) is 0 Å². The Kier molecular flexibility index (Phi) is 8.11. The summed E-state index contributed by atoms with van der Waals surface area (Å²) in [6, 6.07) is 6.22. The predicted molar refractivity (Wildman–Crippen MR) is 112 cm³/mol. The highest BCUT2D eigenvalue weighted by molar-refractivity contribution is 5.97. The molecule has 3 N–H and O–H groups in total. The monoisotopic (exact) mass is 393 g/mol. The van der Waals surface area contributed by atoms with Crippen LogP contribution in [-0.2, 0) is 4.79 Å². The van der Waals surface area contributed by atoms with Gasteiger partial charge < -0.3 is 16.0 Å². The number of anilines is 1. The lowest BCUT2D eigenvalue weighted by molar-refractivity contribution is -0.120. The maximum atomic E-state index is 12.5. The zero-order valence-corrected chi connectivity index (χ0v) is 17.2. The molecule has 0 spiro atoms. The van der Waals surface area contributed by atoms with Crippen molar-refractivity contribution in [2.75, 3.05) is 11.9 Å². The number of halogens is 1. The lowest BCUT2D eigenvalue weighted by Gasteiger charge is -2.27. The van der Waals surface area contributed by atoms with Crippen LogP contribution in [-0.4, -0.2) is 30.4 Å². The first-order valence-electron chi connectivity index (χ1n) is 9.98. The molecule has 1 heterocycles. The van der Waals surface area contributed by atoms with Crippen LogP contribution in [0.3, 0.4) is 0 Å². The van der Waals surface area contributed by atoms with Crippen molar-refractivity contribution in [1.82, 2.24) is 10.6 Å². The van der Waals surface area contributed by atoms with E-state index in [0.29, 0.717) is 17.6 Å². The van der Waals surface area contributed by atoms with Crippen LogP contribution in [0.4, 0.5) is 5.69 Å². The van der Waals surface area contributed by atoms with E-state index in [4.69, 9.17) is 0 Å². The van der Waals surface area contributed by atoms with Gasteiger partial charge in [0.25, 0.3) is 5.91 Å². The van der Waals surface area contributed by atoms with E-state index in [-0.39, 0.29) is 30.1 Å². The molecule has 150 valence electrons. The summed E-state index contributed by atoms with van der Waals surface area (Å²) in [6.07, 6.45) is 7.56. The Balaban J connectivity index is 0.00000261. The summed E-state index contributed by atoms with van der Waals surface area (Å²) >= 11 is 0. The van der Waals surface area contributed by atoms with E-state index >= 15 is 0 Å². The van der Waals surface area contributed by atoms with Gasteiger partial charge in [-0.05, 0) is 69.8 Å². The minimum absolute atomic E-state index is 0. The first kappa shape index (κ1) is 21.7. The molecule has 1 aliphatic heterocycles. The summed E-state index contributed by atoms with van der Waals surface area (Å²) in [6.45, 7) is 4.95. The highest BCUT2D eigenvalue weighted by Gasteiger charge is 2.25. The summed E-state index contributed by atoms with van der Waals surface area (Å²) < 4.78 is 0. The first-order valence-corrected chi connectivity index (χ1v) is 9.98. The van der Waals surface area contributed by atoms with E-state index in [1.54, 1.807) is 0 Å². The lowest BCUT2D eigenvalue weighted by atomic mass is 9.92. The minimum Gasteiger partial charge on any atom is -0.349 e. The molecule has 0 radical (unpaired) electrons. The summed E-state index contributed by atoms with van der Waals surface area (Å²) in [4.78, 5) is 25.0. The molecule has 27 heavy (non-hydrogen) atoms. The van der Waals surface area contributed by atoms with Gasteiger partial charge in [0.2, 0.25) is 5.91 Å². The number of amides is 2.